The van der Waals surface area contributed by atoms with Crippen LogP contribution in [-0.2, 0) is 4.79 Å². The van der Waals surface area contributed by atoms with Crippen LogP contribution in [0, 0.1) is 0 Å². The van der Waals surface area contributed by atoms with Crippen LogP contribution in [0.25, 0.3) is 0 Å². The van der Waals surface area contributed by atoms with Crippen LogP contribution in [0.3, 0.4) is 0 Å². The predicted molar refractivity (Wildman–Crippen MR) is 85.1 cm³/mol. The first-order valence-electron chi connectivity index (χ1n) is 7.07. The second kappa shape index (κ2) is 7.24. The summed E-state index contributed by atoms with van der Waals surface area (Å²) in [7, 11) is 0. The first-order valence-corrected chi connectivity index (χ1v) is 8.01. The van der Waals surface area contributed by atoms with Crippen LogP contribution in [0.2, 0.25) is 0 Å². The van der Waals surface area contributed by atoms with Crippen LogP contribution in [0.1, 0.15) is 23.2 Å². The van der Waals surface area contributed by atoms with Gasteiger partial charge >= 0.3 is 0 Å². The minimum Gasteiger partial charge on any atom is -0.337 e. The molecule has 21 heavy (non-hydrogen) atoms. The lowest BCUT2D eigenvalue weighted by molar-refractivity contribution is -0.135. The summed E-state index contributed by atoms with van der Waals surface area (Å²) in [6.07, 6.45) is 1.97. The van der Waals surface area contributed by atoms with Crippen molar-refractivity contribution in [1.29, 1.82) is 0 Å². The number of carbonyl (C=O) groups excluding carboxylic acids is 2. The molecule has 0 aromatic carbocycles. The number of nitrogens with one attached hydrogen (secondary N) is 1. The number of halogens is 1. The van der Waals surface area contributed by atoms with E-state index < -0.39 is 0 Å². The minimum absolute atomic E-state index is 0. The highest BCUT2D eigenvalue weighted by Gasteiger charge is 2.31. The van der Waals surface area contributed by atoms with E-state index in [9.17, 15) is 9.59 Å². The standard InChI is InChI=1S/C14H19N3O2S.ClH/c18-13-8-15-4-6-17(13)12-2-1-5-16(9-12)14(19)11-3-7-20-10-11;/h3,7,10,12,15H,1-2,4-6,8-9H2;1H. The van der Waals surface area contributed by atoms with Gasteiger partial charge in [-0.15, -0.1) is 12.4 Å². The van der Waals surface area contributed by atoms with Gasteiger partial charge in [-0.3, -0.25) is 9.59 Å². The highest BCUT2D eigenvalue weighted by atomic mass is 35.5. The monoisotopic (exact) mass is 329 g/mol. The maximum Gasteiger partial charge on any atom is 0.254 e. The molecule has 3 rings (SSSR count). The van der Waals surface area contributed by atoms with Crippen molar-refractivity contribution in [3.05, 3.63) is 22.4 Å². The lowest BCUT2D eigenvalue weighted by Crippen LogP contribution is -2.57. The Hall–Kier alpha value is -1.11. The molecule has 0 radical (unpaired) electrons. The summed E-state index contributed by atoms with van der Waals surface area (Å²) in [6, 6.07) is 2.05. The molecule has 2 aliphatic rings. The molecule has 1 atom stereocenters. The Bertz CT molecular complexity index is 494. The molecule has 2 saturated heterocycles. The zero-order valence-electron chi connectivity index (χ0n) is 11.8. The third-order valence-electron chi connectivity index (χ3n) is 4.02. The molecule has 2 amide bonds. The molecule has 0 aliphatic carbocycles. The molecule has 7 heteroatoms. The van der Waals surface area contributed by atoms with E-state index in [1.165, 1.54) is 0 Å². The van der Waals surface area contributed by atoms with E-state index in [0.717, 1.165) is 38.0 Å². The Balaban J connectivity index is 0.00000161. The van der Waals surface area contributed by atoms with Crippen molar-refractivity contribution in [1.82, 2.24) is 15.1 Å². The fourth-order valence-corrected chi connectivity index (χ4v) is 3.60. The van der Waals surface area contributed by atoms with E-state index in [1.54, 1.807) is 11.3 Å². The van der Waals surface area contributed by atoms with E-state index in [2.05, 4.69) is 5.32 Å². The number of amides is 2. The Labute approximate surface area is 134 Å². The average molecular weight is 330 g/mol. The van der Waals surface area contributed by atoms with Gasteiger partial charge in [-0.25, -0.2) is 0 Å². The first-order chi connectivity index (χ1) is 9.75. The lowest BCUT2D eigenvalue weighted by Gasteiger charge is -2.41. The fraction of sp³-hybridized carbons (Fsp3) is 0.571. The summed E-state index contributed by atoms with van der Waals surface area (Å²) in [4.78, 5) is 28.2. The average Bonchev–Trinajstić information content (AvgIpc) is 3.01. The molecule has 1 aromatic heterocycles. The van der Waals surface area contributed by atoms with E-state index in [0.29, 0.717) is 13.1 Å². The van der Waals surface area contributed by atoms with Crippen LogP contribution in [0.4, 0.5) is 0 Å². The third kappa shape index (κ3) is 3.56. The highest BCUT2D eigenvalue weighted by Crippen LogP contribution is 2.19. The molecule has 1 unspecified atom stereocenters. The third-order valence-corrected chi connectivity index (χ3v) is 4.70. The maximum atomic E-state index is 12.4. The van der Waals surface area contributed by atoms with Gasteiger partial charge < -0.3 is 15.1 Å². The summed E-state index contributed by atoms with van der Waals surface area (Å²) < 4.78 is 0. The number of likely N-dealkylation sites (tertiary alicyclic amines) is 1. The van der Waals surface area contributed by atoms with Gasteiger partial charge in [0.15, 0.2) is 0 Å². The molecular weight excluding hydrogens is 310 g/mol. The summed E-state index contributed by atoms with van der Waals surface area (Å²) >= 11 is 1.54. The summed E-state index contributed by atoms with van der Waals surface area (Å²) in [5.41, 5.74) is 0.766. The van der Waals surface area contributed by atoms with Gasteiger partial charge in [0, 0.05) is 37.6 Å². The number of nitrogens with zero attached hydrogens (tertiary/aromatic N) is 2. The molecule has 1 N–H and O–H groups in total. The predicted octanol–water partition coefficient (Wildman–Crippen LogP) is 1.21. The first kappa shape index (κ1) is 16.3. The Kier molecular flexibility index (Phi) is 5.61. The van der Waals surface area contributed by atoms with Crippen LogP contribution in [0.5, 0.6) is 0 Å². The zero-order chi connectivity index (χ0) is 13.9. The number of hydrogen-bond donors (Lipinski definition) is 1. The zero-order valence-corrected chi connectivity index (χ0v) is 13.4. The lowest BCUT2D eigenvalue weighted by atomic mass is 10.0. The van der Waals surface area contributed by atoms with Crippen molar-refractivity contribution >= 4 is 35.6 Å². The van der Waals surface area contributed by atoms with Gasteiger partial charge in [-0.05, 0) is 24.3 Å². The van der Waals surface area contributed by atoms with Crippen molar-refractivity contribution in [3.8, 4) is 0 Å². The Morgan fingerprint density at radius 3 is 2.95 bits per heavy atom. The summed E-state index contributed by atoms with van der Waals surface area (Å²) in [5.74, 6) is 0.254. The maximum absolute atomic E-state index is 12.4. The van der Waals surface area contributed by atoms with Crippen LogP contribution >= 0.6 is 23.7 Å². The van der Waals surface area contributed by atoms with Gasteiger partial charge in [-0.1, -0.05) is 0 Å². The molecule has 2 aliphatic heterocycles. The van der Waals surface area contributed by atoms with E-state index in [1.807, 2.05) is 26.6 Å². The number of hydrogen-bond acceptors (Lipinski definition) is 4. The number of carbonyl (C=O) groups is 2. The fourth-order valence-electron chi connectivity index (χ4n) is 2.97. The van der Waals surface area contributed by atoms with E-state index in [4.69, 9.17) is 0 Å². The van der Waals surface area contributed by atoms with Crippen LogP contribution < -0.4 is 5.32 Å². The smallest absolute Gasteiger partial charge is 0.254 e. The number of rotatable bonds is 2. The van der Waals surface area contributed by atoms with Crippen molar-refractivity contribution in [3.63, 3.8) is 0 Å². The van der Waals surface area contributed by atoms with Gasteiger partial charge in [-0.2, -0.15) is 11.3 Å². The van der Waals surface area contributed by atoms with Gasteiger partial charge in [0.2, 0.25) is 5.91 Å². The molecule has 1 aromatic rings. The van der Waals surface area contributed by atoms with Crippen LogP contribution in [-0.4, -0.2) is 60.4 Å². The topological polar surface area (TPSA) is 52.7 Å². The molecule has 0 spiro atoms. The highest BCUT2D eigenvalue weighted by molar-refractivity contribution is 7.08. The van der Waals surface area contributed by atoms with Crippen LogP contribution in [0.15, 0.2) is 16.8 Å². The molecule has 116 valence electrons. The summed E-state index contributed by atoms with van der Waals surface area (Å²) in [5, 5.41) is 6.91. The largest absolute Gasteiger partial charge is 0.337 e. The van der Waals surface area contributed by atoms with Crippen molar-refractivity contribution in [2.45, 2.75) is 18.9 Å². The van der Waals surface area contributed by atoms with Crippen molar-refractivity contribution in [2.24, 2.45) is 0 Å². The molecule has 0 saturated carbocycles. The minimum atomic E-state index is 0. The SMILES string of the molecule is Cl.O=C(c1ccsc1)N1CCCC(N2CCNCC2=O)C1. The number of piperazine rings is 1. The van der Waals surface area contributed by atoms with Gasteiger partial charge in [0.25, 0.3) is 5.91 Å². The van der Waals surface area contributed by atoms with E-state index in [-0.39, 0.29) is 30.3 Å². The quantitative estimate of drug-likeness (QED) is 0.887. The molecular formula is C14H20ClN3O2S. The van der Waals surface area contributed by atoms with Crippen molar-refractivity contribution < 1.29 is 9.59 Å². The van der Waals surface area contributed by atoms with E-state index >= 15 is 0 Å². The van der Waals surface area contributed by atoms with Crippen molar-refractivity contribution in [2.75, 3.05) is 32.7 Å². The second-order valence-electron chi connectivity index (χ2n) is 5.32. The molecule has 0 bridgehead atoms. The van der Waals surface area contributed by atoms with Gasteiger partial charge in [0.1, 0.15) is 0 Å². The second-order valence-corrected chi connectivity index (χ2v) is 6.10. The summed E-state index contributed by atoms with van der Waals surface area (Å²) in [6.45, 7) is 3.49. The Morgan fingerprint density at radius 2 is 2.24 bits per heavy atom. The van der Waals surface area contributed by atoms with Gasteiger partial charge in [0.05, 0.1) is 12.1 Å². The molecule has 2 fully saturated rings. The molecule has 5 nitrogen and oxygen atoms in total. The number of piperidine rings is 1. The number of thiophene rings is 1. The normalized spacial score (nSPS) is 22.9. The Morgan fingerprint density at radius 1 is 1.38 bits per heavy atom. The molecule has 3 heterocycles.